The van der Waals surface area contributed by atoms with Crippen LogP contribution in [0.3, 0.4) is 0 Å². The molecule has 1 atom stereocenters. The molecule has 0 saturated carbocycles. The third kappa shape index (κ3) is 11.1. The minimum absolute atomic E-state index is 0.268. The number of amides is 1. The summed E-state index contributed by atoms with van der Waals surface area (Å²) in [5.74, 6) is -2.79. The fraction of sp³-hybridized carbons (Fsp3) is 0.917. The molecule has 1 rings (SSSR count). The predicted octanol–water partition coefficient (Wildman–Crippen LogP) is 6.38. The Balaban J connectivity index is 2.22. The summed E-state index contributed by atoms with van der Waals surface area (Å²) in [4.78, 5) is 34.8. The van der Waals surface area contributed by atoms with Gasteiger partial charge in [0.25, 0.3) is 5.79 Å². The summed E-state index contributed by atoms with van der Waals surface area (Å²) in [6, 6.07) is 0. The molecule has 0 aromatic heterocycles. The van der Waals surface area contributed by atoms with Crippen molar-refractivity contribution >= 4 is 11.7 Å². The Morgan fingerprint density at radius 3 is 1.52 bits per heavy atom. The minimum Gasteiger partial charge on any atom is -0.369 e. The highest BCUT2D eigenvalue weighted by atomic mass is 17.4. The lowest BCUT2D eigenvalue weighted by Gasteiger charge is -2.14. The molecule has 5 nitrogen and oxygen atoms in total. The highest BCUT2D eigenvalue weighted by Gasteiger charge is 2.58. The zero-order valence-electron chi connectivity index (χ0n) is 19.0. The maximum atomic E-state index is 12.8. The Bertz CT molecular complexity index is 448. The average molecular weight is 412 g/mol. The molecular formula is C24H45NO4. The summed E-state index contributed by atoms with van der Waals surface area (Å²) in [5, 5.41) is 0. The van der Waals surface area contributed by atoms with Gasteiger partial charge in [-0.3, -0.25) is 9.59 Å². The highest BCUT2D eigenvalue weighted by Crippen LogP contribution is 2.39. The molecule has 1 aliphatic rings. The molecule has 29 heavy (non-hydrogen) atoms. The van der Waals surface area contributed by atoms with E-state index in [0.717, 1.165) is 32.1 Å². The van der Waals surface area contributed by atoms with E-state index in [4.69, 9.17) is 15.5 Å². The first-order chi connectivity index (χ1) is 14.1. The third-order valence-corrected chi connectivity index (χ3v) is 6.03. The van der Waals surface area contributed by atoms with Crippen LogP contribution in [-0.4, -0.2) is 17.5 Å². The Hall–Kier alpha value is -0.940. The van der Waals surface area contributed by atoms with Gasteiger partial charge < -0.3 is 5.73 Å². The number of primary amides is 1. The predicted molar refractivity (Wildman–Crippen MR) is 117 cm³/mol. The molecule has 1 unspecified atom stereocenters. The van der Waals surface area contributed by atoms with Crippen molar-refractivity contribution in [2.45, 2.75) is 135 Å². The lowest BCUT2D eigenvalue weighted by Crippen LogP contribution is -2.39. The van der Waals surface area contributed by atoms with E-state index < -0.39 is 17.6 Å². The van der Waals surface area contributed by atoms with E-state index in [1.165, 1.54) is 70.6 Å². The topological polar surface area (TPSA) is 85.2 Å². The summed E-state index contributed by atoms with van der Waals surface area (Å²) in [7, 11) is 0. The van der Waals surface area contributed by atoms with Crippen LogP contribution in [0.2, 0.25) is 0 Å². The van der Waals surface area contributed by atoms with Gasteiger partial charge in [0.05, 0.1) is 0 Å². The zero-order valence-corrected chi connectivity index (χ0v) is 19.0. The van der Waals surface area contributed by atoms with E-state index in [-0.39, 0.29) is 5.78 Å². The molecule has 1 saturated heterocycles. The maximum Gasteiger partial charge on any atom is 0.292 e. The van der Waals surface area contributed by atoms with Gasteiger partial charge in [-0.05, 0) is 12.8 Å². The Morgan fingerprint density at radius 1 is 0.690 bits per heavy atom. The molecule has 0 spiro atoms. The average Bonchev–Trinajstić information content (AvgIpc) is 3.49. The Labute approximate surface area is 178 Å². The molecule has 0 radical (unpaired) electrons. The second-order valence-electron chi connectivity index (χ2n) is 8.73. The number of carbonyl (C=O) groups is 2. The van der Waals surface area contributed by atoms with Crippen LogP contribution in [0.25, 0.3) is 0 Å². The van der Waals surface area contributed by atoms with Crippen molar-refractivity contribution in [3.05, 3.63) is 0 Å². The number of Topliss-reactive ketones (excluding diaryl/α,β-unsaturated/α-hetero) is 1. The second-order valence-corrected chi connectivity index (χ2v) is 8.73. The quantitative estimate of drug-likeness (QED) is 0.103. The van der Waals surface area contributed by atoms with E-state index >= 15 is 0 Å². The number of ketones is 1. The fourth-order valence-electron chi connectivity index (χ4n) is 3.98. The summed E-state index contributed by atoms with van der Waals surface area (Å²) in [5.41, 5.74) is 5.52. The van der Waals surface area contributed by atoms with Crippen molar-refractivity contribution in [3.63, 3.8) is 0 Å². The van der Waals surface area contributed by atoms with Gasteiger partial charge in [-0.25, -0.2) is 0 Å². The largest absolute Gasteiger partial charge is 0.369 e. The first-order valence-corrected chi connectivity index (χ1v) is 12.3. The molecule has 1 heterocycles. The molecule has 0 aliphatic carbocycles. The molecule has 2 N–H and O–H groups in total. The van der Waals surface area contributed by atoms with Crippen LogP contribution in [0.1, 0.15) is 129 Å². The monoisotopic (exact) mass is 411 g/mol. The Kier molecular flexibility index (Phi) is 14.3. The molecule has 0 bridgehead atoms. The van der Waals surface area contributed by atoms with Gasteiger partial charge in [0.15, 0.2) is 0 Å². The third-order valence-electron chi connectivity index (χ3n) is 6.03. The number of carbonyl (C=O) groups excluding carboxylic acids is 2. The first kappa shape index (κ1) is 26.1. The van der Waals surface area contributed by atoms with Crippen LogP contribution in [0.4, 0.5) is 0 Å². The molecule has 1 amide bonds. The van der Waals surface area contributed by atoms with E-state index in [2.05, 4.69) is 13.8 Å². The molecule has 1 aliphatic heterocycles. The van der Waals surface area contributed by atoms with E-state index in [1.807, 2.05) is 0 Å². The van der Waals surface area contributed by atoms with Gasteiger partial charge in [0.1, 0.15) is 5.92 Å². The minimum atomic E-state index is -1.19. The van der Waals surface area contributed by atoms with Gasteiger partial charge in [-0.2, -0.15) is 9.78 Å². The molecule has 170 valence electrons. The lowest BCUT2D eigenvalue weighted by molar-refractivity contribution is -0.136. The van der Waals surface area contributed by atoms with Crippen LogP contribution >= 0.6 is 0 Å². The number of unbranched alkanes of at least 4 members (excludes halogenated alkanes) is 14. The zero-order chi connectivity index (χ0) is 21.4. The molecule has 0 aromatic rings. The van der Waals surface area contributed by atoms with Crippen molar-refractivity contribution in [2.75, 3.05) is 0 Å². The van der Waals surface area contributed by atoms with Crippen LogP contribution in [0.15, 0.2) is 0 Å². The maximum absolute atomic E-state index is 12.8. The number of nitrogens with two attached hydrogens (primary N) is 1. The van der Waals surface area contributed by atoms with Crippen LogP contribution in [0, 0.1) is 5.92 Å². The van der Waals surface area contributed by atoms with Gasteiger partial charge in [-0.1, -0.05) is 110 Å². The summed E-state index contributed by atoms with van der Waals surface area (Å²) < 4.78 is 0. The SMILES string of the molecule is CCCCCCCCCCC(C(N)=O)C(=O)C1(CCCCCCCCCC)OO1. The summed E-state index contributed by atoms with van der Waals surface area (Å²) in [6.45, 7) is 4.44. The fourth-order valence-corrected chi connectivity index (χ4v) is 3.98. The smallest absolute Gasteiger partial charge is 0.292 e. The summed E-state index contributed by atoms with van der Waals surface area (Å²) >= 11 is 0. The summed E-state index contributed by atoms with van der Waals surface area (Å²) in [6.07, 6.45) is 20.0. The van der Waals surface area contributed by atoms with E-state index in [0.29, 0.717) is 12.8 Å². The normalized spacial score (nSPS) is 15.9. The van der Waals surface area contributed by atoms with Crippen molar-refractivity contribution in [1.29, 1.82) is 0 Å². The molecule has 5 heteroatoms. The first-order valence-electron chi connectivity index (χ1n) is 12.3. The van der Waals surface area contributed by atoms with Crippen LogP contribution in [-0.2, 0) is 19.4 Å². The van der Waals surface area contributed by atoms with Crippen LogP contribution < -0.4 is 5.73 Å². The van der Waals surface area contributed by atoms with Crippen LogP contribution in [0.5, 0.6) is 0 Å². The Morgan fingerprint density at radius 2 is 1.10 bits per heavy atom. The highest BCUT2D eigenvalue weighted by molar-refractivity contribution is 6.04. The molecular weight excluding hydrogens is 366 g/mol. The number of hydrogen-bond acceptors (Lipinski definition) is 4. The van der Waals surface area contributed by atoms with Gasteiger partial charge in [-0.15, -0.1) is 0 Å². The molecule has 0 aromatic carbocycles. The van der Waals surface area contributed by atoms with Crippen molar-refractivity contribution in [1.82, 2.24) is 0 Å². The standard InChI is InChI=1S/C24H45NO4/c1-3-5-7-9-11-13-15-17-19-21(23(25)27)22(26)24(28-29-24)20-18-16-14-12-10-8-6-4-2/h21H,3-20H2,1-2H3,(H2,25,27). The van der Waals surface area contributed by atoms with Gasteiger partial charge in [0.2, 0.25) is 11.7 Å². The van der Waals surface area contributed by atoms with Crippen molar-refractivity contribution in [3.8, 4) is 0 Å². The molecule has 1 fully saturated rings. The van der Waals surface area contributed by atoms with Crippen molar-refractivity contribution < 1.29 is 19.4 Å². The second kappa shape index (κ2) is 15.8. The lowest BCUT2D eigenvalue weighted by atomic mass is 9.89. The van der Waals surface area contributed by atoms with Gasteiger partial charge >= 0.3 is 0 Å². The van der Waals surface area contributed by atoms with Crippen molar-refractivity contribution in [2.24, 2.45) is 11.7 Å². The van der Waals surface area contributed by atoms with E-state index in [1.54, 1.807) is 0 Å². The van der Waals surface area contributed by atoms with E-state index in [9.17, 15) is 9.59 Å². The number of hydrogen-bond donors (Lipinski definition) is 1. The van der Waals surface area contributed by atoms with Gasteiger partial charge in [0, 0.05) is 6.42 Å². The number of rotatable bonds is 21.